The maximum absolute atomic E-state index is 5.85. The third kappa shape index (κ3) is 2.94. The normalized spacial score (nSPS) is 10.6. The van der Waals surface area contributed by atoms with Gasteiger partial charge >= 0.3 is 0 Å². The number of hydrogen-bond acceptors (Lipinski definition) is 4. The number of benzene rings is 2. The Balaban J connectivity index is 1.79. The second kappa shape index (κ2) is 5.40. The number of hydrogen-bond donors (Lipinski definition) is 0. The van der Waals surface area contributed by atoms with Crippen LogP contribution in [0.25, 0.3) is 11.4 Å². The van der Waals surface area contributed by atoms with E-state index in [9.17, 15) is 0 Å². The lowest BCUT2D eigenvalue weighted by Gasteiger charge is -2.08. The summed E-state index contributed by atoms with van der Waals surface area (Å²) in [5.74, 6) is 2.76. The molecule has 1 aromatic heterocycles. The number of rotatable bonds is 3. The highest BCUT2D eigenvalue weighted by Gasteiger charge is 2.06. The van der Waals surface area contributed by atoms with Crippen molar-refractivity contribution in [3.8, 4) is 22.9 Å². The summed E-state index contributed by atoms with van der Waals surface area (Å²) in [5.41, 5.74) is 3.37. The van der Waals surface area contributed by atoms with Gasteiger partial charge in [0, 0.05) is 12.5 Å². The standard InChI is InChI=1S/C17H16N2O2/c1-11-4-7-16(10-12(11)2)20-15-8-5-14(6-9-15)17-18-13(3)21-19-17/h4-10H,1-3H3. The van der Waals surface area contributed by atoms with Crippen LogP contribution in [0.15, 0.2) is 47.0 Å². The van der Waals surface area contributed by atoms with Crippen molar-refractivity contribution < 1.29 is 9.26 Å². The molecule has 0 unspecified atom stereocenters. The molecule has 2 aromatic carbocycles. The summed E-state index contributed by atoms with van der Waals surface area (Å²) in [6.07, 6.45) is 0. The molecule has 0 aliphatic rings. The van der Waals surface area contributed by atoms with Crippen LogP contribution in [0.5, 0.6) is 11.5 Å². The van der Waals surface area contributed by atoms with Crippen molar-refractivity contribution >= 4 is 0 Å². The third-order valence-corrected chi connectivity index (χ3v) is 3.35. The highest BCUT2D eigenvalue weighted by molar-refractivity contribution is 5.55. The molecule has 3 aromatic rings. The Kier molecular flexibility index (Phi) is 3.44. The summed E-state index contributed by atoms with van der Waals surface area (Å²) in [7, 11) is 0. The Bertz CT molecular complexity index is 761. The molecule has 1 heterocycles. The average Bonchev–Trinajstić information content (AvgIpc) is 2.90. The molecular weight excluding hydrogens is 264 g/mol. The summed E-state index contributed by atoms with van der Waals surface area (Å²) >= 11 is 0. The van der Waals surface area contributed by atoms with Gasteiger partial charge in [0.05, 0.1) is 0 Å². The molecule has 0 bridgehead atoms. The van der Waals surface area contributed by atoms with Crippen LogP contribution >= 0.6 is 0 Å². The molecular formula is C17H16N2O2. The van der Waals surface area contributed by atoms with Crippen LogP contribution in [0.4, 0.5) is 0 Å². The predicted octanol–water partition coefficient (Wildman–Crippen LogP) is 4.45. The Morgan fingerprint density at radius 1 is 0.857 bits per heavy atom. The fourth-order valence-electron chi connectivity index (χ4n) is 2.00. The van der Waals surface area contributed by atoms with E-state index in [2.05, 4.69) is 30.1 Å². The van der Waals surface area contributed by atoms with Gasteiger partial charge in [-0.2, -0.15) is 4.98 Å². The van der Waals surface area contributed by atoms with E-state index in [-0.39, 0.29) is 0 Å². The molecule has 3 rings (SSSR count). The molecule has 106 valence electrons. The van der Waals surface area contributed by atoms with Gasteiger partial charge in [-0.1, -0.05) is 11.2 Å². The Morgan fingerprint density at radius 3 is 2.19 bits per heavy atom. The SMILES string of the molecule is Cc1nc(-c2ccc(Oc3ccc(C)c(C)c3)cc2)no1. The van der Waals surface area contributed by atoms with Crippen LogP contribution < -0.4 is 4.74 Å². The van der Waals surface area contributed by atoms with Gasteiger partial charge in [0.25, 0.3) is 0 Å². The first-order valence-corrected chi connectivity index (χ1v) is 6.78. The monoisotopic (exact) mass is 280 g/mol. The maximum atomic E-state index is 5.85. The van der Waals surface area contributed by atoms with Gasteiger partial charge in [0.15, 0.2) is 0 Å². The topological polar surface area (TPSA) is 48.2 Å². The largest absolute Gasteiger partial charge is 0.457 e. The smallest absolute Gasteiger partial charge is 0.223 e. The lowest BCUT2D eigenvalue weighted by Crippen LogP contribution is -1.87. The van der Waals surface area contributed by atoms with Gasteiger partial charge < -0.3 is 9.26 Å². The molecule has 0 amide bonds. The van der Waals surface area contributed by atoms with Gasteiger partial charge in [-0.05, 0) is 61.4 Å². The van der Waals surface area contributed by atoms with Crippen LogP contribution in [0, 0.1) is 20.8 Å². The summed E-state index contributed by atoms with van der Waals surface area (Å²) in [6, 6.07) is 13.7. The average molecular weight is 280 g/mol. The first-order valence-electron chi connectivity index (χ1n) is 6.78. The lowest BCUT2D eigenvalue weighted by molar-refractivity contribution is 0.394. The number of aryl methyl sites for hydroxylation is 3. The second-order valence-electron chi connectivity index (χ2n) is 5.01. The zero-order valence-corrected chi connectivity index (χ0v) is 12.3. The van der Waals surface area contributed by atoms with E-state index in [1.54, 1.807) is 6.92 Å². The van der Waals surface area contributed by atoms with E-state index in [1.807, 2.05) is 36.4 Å². The molecule has 0 spiro atoms. The molecule has 4 nitrogen and oxygen atoms in total. The van der Waals surface area contributed by atoms with Crippen LogP contribution in [0.3, 0.4) is 0 Å². The molecule has 0 atom stereocenters. The van der Waals surface area contributed by atoms with E-state index >= 15 is 0 Å². The van der Waals surface area contributed by atoms with Crippen LogP contribution in [-0.2, 0) is 0 Å². The van der Waals surface area contributed by atoms with Gasteiger partial charge in [-0.25, -0.2) is 0 Å². The molecule has 4 heteroatoms. The number of ether oxygens (including phenoxy) is 1. The number of aromatic nitrogens is 2. The van der Waals surface area contributed by atoms with Gasteiger partial charge in [0.1, 0.15) is 11.5 Å². The summed E-state index contributed by atoms with van der Waals surface area (Å²) < 4.78 is 10.8. The fourth-order valence-corrected chi connectivity index (χ4v) is 2.00. The molecule has 0 aliphatic carbocycles. The minimum absolute atomic E-state index is 0.556. The highest BCUT2D eigenvalue weighted by atomic mass is 16.5. The van der Waals surface area contributed by atoms with Crippen molar-refractivity contribution in [2.45, 2.75) is 20.8 Å². The zero-order chi connectivity index (χ0) is 14.8. The van der Waals surface area contributed by atoms with Gasteiger partial charge in [-0.3, -0.25) is 0 Å². The third-order valence-electron chi connectivity index (χ3n) is 3.35. The summed E-state index contributed by atoms with van der Waals surface area (Å²) in [6.45, 7) is 5.93. The van der Waals surface area contributed by atoms with E-state index in [0.717, 1.165) is 17.1 Å². The first-order chi connectivity index (χ1) is 10.1. The zero-order valence-electron chi connectivity index (χ0n) is 12.3. The van der Waals surface area contributed by atoms with Crippen LogP contribution in [0.2, 0.25) is 0 Å². The van der Waals surface area contributed by atoms with Crippen LogP contribution in [-0.4, -0.2) is 10.1 Å². The van der Waals surface area contributed by atoms with E-state index < -0.39 is 0 Å². The summed E-state index contributed by atoms with van der Waals surface area (Å²) in [4.78, 5) is 4.20. The van der Waals surface area contributed by atoms with Crippen molar-refractivity contribution in [3.63, 3.8) is 0 Å². The van der Waals surface area contributed by atoms with Crippen molar-refractivity contribution in [3.05, 3.63) is 59.5 Å². The van der Waals surface area contributed by atoms with Crippen molar-refractivity contribution in [1.82, 2.24) is 10.1 Å². The van der Waals surface area contributed by atoms with Crippen molar-refractivity contribution in [2.75, 3.05) is 0 Å². The van der Waals surface area contributed by atoms with E-state index in [0.29, 0.717) is 11.7 Å². The Hall–Kier alpha value is -2.62. The molecule has 0 saturated carbocycles. The fraction of sp³-hybridized carbons (Fsp3) is 0.176. The lowest BCUT2D eigenvalue weighted by atomic mass is 10.1. The maximum Gasteiger partial charge on any atom is 0.223 e. The second-order valence-corrected chi connectivity index (χ2v) is 5.01. The Morgan fingerprint density at radius 2 is 1.57 bits per heavy atom. The first kappa shape index (κ1) is 13.4. The van der Waals surface area contributed by atoms with Crippen molar-refractivity contribution in [2.24, 2.45) is 0 Å². The molecule has 0 N–H and O–H groups in total. The highest BCUT2D eigenvalue weighted by Crippen LogP contribution is 2.26. The van der Waals surface area contributed by atoms with E-state index in [4.69, 9.17) is 9.26 Å². The van der Waals surface area contributed by atoms with Gasteiger partial charge in [0.2, 0.25) is 11.7 Å². The van der Waals surface area contributed by atoms with E-state index in [1.165, 1.54) is 11.1 Å². The number of nitrogens with zero attached hydrogens (tertiary/aromatic N) is 2. The van der Waals surface area contributed by atoms with Gasteiger partial charge in [-0.15, -0.1) is 0 Å². The quantitative estimate of drug-likeness (QED) is 0.711. The van der Waals surface area contributed by atoms with Crippen molar-refractivity contribution in [1.29, 1.82) is 0 Å². The molecule has 0 fully saturated rings. The summed E-state index contributed by atoms with van der Waals surface area (Å²) in [5, 5.41) is 3.89. The minimum atomic E-state index is 0.556. The molecule has 0 saturated heterocycles. The predicted molar refractivity (Wildman–Crippen MR) is 80.5 cm³/mol. The van der Waals surface area contributed by atoms with Crippen LogP contribution in [0.1, 0.15) is 17.0 Å². The molecule has 0 radical (unpaired) electrons. The molecule has 0 aliphatic heterocycles. The minimum Gasteiger partial charge on any atom is -0.457 e. The molecule has 21 heavy (non-hydrogen) atoms. The Labute approximate surface area is 123 Å².